The predicted octanol–water partition coefficient (Wildman–Crippen LogP) is 2.20. The number of rotatable bonds is 2. The van der Waals surface area contributed by atoms with Crippen LogP contribution in [-0.2, 0) is 0 Å². The number of carbonyl (C=O) groups excluding carboxylic acids is 1. The van der Waals surface area contributed by atoms with Gasteiger partial charge in [0.25, 0.3) is 0 Å². The second-order valence-electron chi connectivity index (χ2n) is 4.81. The summed E-state index contributed by atoms with van der Waals surface area (Å²) in [5.74, 6) is 0.290. The van der Waals surface area contributed by atoms with Crippen molar-refractivity contribution in [2.45, 2.75) is 18.4 Å². The summed E-state index contributed by atoms with van der Waals surface area (Å²) in [7, 11) is 0. The van der Waals surface area contributed by atoms with Crippen LogP contribution in [0.25, 0.3) is 0 Å². The van der Waals surface area contributed by atoms with E-state index >= 15 is 0 Å². The van der Waals surface area contributed by atoms with Gasteiger partial charge >= 0.3 is 0 Å². The lowest BCUT2D eigenvalue weighted by Crippen LogP contribution is -2.42. The fraction of sp³-hybridized carbons (Fsp3) is 0.357. The maximum atomic E-state index is 12.3. The van der Waals surface area contributed by atoms with Gasteiger partial charge in [0.2, 0.25) is 0 Å². The first-order valence-corrected chi connectivity index (χ1v) is 5.71. The highest BCUT2D eigenvalue weighted by Gasteiger charge is 2.52. The largest absolute Gasteiger partial charge is 0.381 e. The molecule has 2 aliphatic rings. The van der Waals surface area contributed by atoms with Gasteiger partial charge in [-0.15, -0.1) is 0 Å². The fourth-order valence-electron chi connectivity index (χ4n) is 2.93. The molecular weight excluding hydrogens is 200 g/mol. The molecule has 0 spiro atoms. The predicted molar refractivity (Wildman–Crippen MR) is 61.1 cm³/mol. The van der Waals surface area contributed by atoms with Gasteiger partial charge in [-0.2, -0.15) is 0 Å². The van der Waals surface area contributed by atoms with Gasteiger partial charge < -0.3 is 5.11 Å². The van der Waals surface area contributed by atoms with E-state index in [0.717, 1.165) is 6.42 Å². The first kappa shape index (κ1) is 9.79. The zero-order chi connectivity index (χ0) is 11.2. The fourth-order valence-corrected chi connectivity index (χ4v) is 2.93. The standard InChI is InChI=1S/C14H14O2/c15-13(11-4-2-1-3-5-11)14(16)9-10-6-7-12(14)8-10/h1-7,10,12,16H,8-9H2. The molecule has 0 radical (unpaired) electrons. The molecule has 1 saturated carbocycles. The lowest BCUT2D eigenvalue weighted by atomic mass is 9.82. The van der Waals surface area contributed by atoms with Gasteiger partial charge in [-0.25, -0.2) is 0 Å². The molecule has 82 valence electrons. The monoisotopic (exact) mass is 214 g/mol. The van der Waals surface area contributed by atoms with Crippen molar-refractivity contribution in [3.63, 3.8) is 0 Å². The minimum Gasteiger partial charge on any atom is -0.381 e. The quantitative estimate of drug-likeness (QED) is 0.605. The summed E-state index contributed by atoms with van der Waals surface area (Å²) in [5.41, 5.74) is -0.535. The Hall–Kier alpha value is -1.41. The van der Waals surface area contributed by atoms with E-state index in [1.165, 1.54) is 0 Å². The highest BCUT2D eigenvalue weighted by Crippen LogP contribution is 2.47. The first-order valence-electron chi connectivity index (χ1n) is 5.71. The Morgan fingerprint density at radius 1 is 1.25 bits per heavy atom. The number of aliphatic hydroxyl groups is 1. The number of benzene rings is 1. The topological polar surface area (TPSA) is 37.3 Å². The van der Waals surface area contributed by atoms with Crippen molar-refractivity contribution in [2.24, 2.45) is 11.8 Å². The van der Waals surface area contributed by atoms with E-state index in [1.54, 1.807) is 12.1 Å². The van der Waals surface area contributed by atoms with Crippen LogP contribution in [0.1, 0.15) is 23.2 Å². The van der Waals surface area contributed by atoms with Gasteiger partial charge in [0.15, 0.2) is 5.78 Å². The van der Waals surface area contributed by atoms with Gasteiger partial charge in [-0.3, -0.25) is 4.79 Å². The molecule has 1 aromatic carbocycles. The maximum absolute atomic E-state index is 12.3. The van der Waals surface area contributed by atoms with Crippen molar-refractivity contribution in [3.8, 4) is 0 Å². The highest BCUT2D eigenvalue weighted by molar-refractivity contribution is 6.03. The van der Waals surface area contributed by atoms with Crippen LogP contribution in [0, 0.1) is 11.8 Å². The maximum Gasteiger partial charge on any atom is 0.194 e. The number of hydrogen-bond donors (Lipinski definition) is 1. The van der Waals surface area contributed by atoms with Gasteiger partial charge in [-0.05, 0) is 18.8 Å². The smallest absolute Gasteiger partial charge is 0.194 e. The van der Waals surface area contributed by atoms with Crippen LogP contribution in [0.2, 0.25) is 0 Å². The van der Waals surface area contributed by atoms with Crippen molar-refractivity contribution < 1.29 is 9.90 Å². The molecule has 0 amide bonds. The number of hydrogen-bond acceptors (Lipinski definition) is 2. The van der Waals surface area contributed by atoms with Crippen LogP contribution in [-0.4, -0.2) is 16.5 Å². The van der Waals surface area contributed by atoms with Gasteiger partial charge in [0, 0.05) is 11.5 Å². The number of allylic oxidation sites excluding steroid dienone is 1. The Bertz CT molecular complexity index is 449. The molecule has 3 unspecified atom stereocenters. The van der Waals surface area contributed by atoms with Crippen molar-refractivity contribution in [1.29, 1.82) is 0 Å². The Labute approximate surface area is 94.6 Å². The van der Waals surface area contributed by atoms with Crippen molar-refractivity contribution in [3.05, 3.63) is 48.0 Å². The molecule has 1 aromatic rings. The molecule has 2 aliphatic carbocycles. The summed E-state index contributed by atoms with van der Waals surface area (Å²) in [6, 6.07) is 9.09. The molecule has 0 saturated heterocycles. The zero-order valence-corrected chi connectivity index (χ0v) is 8.97. The number of fused-ring (bicyclic) bond motifs is 2. The third-order valence-electron chi connectivity index (χ3n) is 3.79. The Morgan fingerprint density at radius 3 is 2.56 bits per heavy atom. The summed E-state index contributed by atoms with van der Waals surface area (Å²) in [4.78, 5) is 12.3. The van der Waals surface area contributed by atoms with Crippen LogP contribution in [0.5, 0.6) is 0 Å². The summed E-state index contributed by atoms with van der Waals surface area (Å²) in [5, 5.41) is 10.5. The van der Waals surface area contributed by atoms with Crippen LogP contribution in [0.15, 0.2) is 42.5 Å². The van der Waals surface area contributed by atoms with Crippen LogP contribution < -0.4 is 0 Å². The summed E-state index contributed by atoms with van der Waals surface area (Å²) in [6.45, 7) is 0. The first-order chi connectivity index (χ1) is 7.70. The minimum atomic E-state index is -1.15. The lowest BCUT2D eigenvalue weighted by molar-refractivity contribution is 0.0183. The minimum absolute atomic E-state index is 0.0187. The Morgan fingerprint density at radius 2 is 2.00 bits per heavy atom. The Balaban J connectivity index is 1.94. The average Bonchev–Trinajstić information content (AvgIpc) is 2.89. The molecule has 2 heteroatoms. The van der Waals surface area contributed by atoms with E-state index in [2.05, 4.69) is 6.08 Å². The molecule has 0 aliphatic heterocycles. The molecule has 1 N–H and O–H groups in total. The van der Waals surface area contributed by atoms with Crippen molar-refractivity contribution >= 4 is 5.78 Å². The number of ketones is 1. The molecule has 1 fully saturated rings. The molecule has 3 rings (SSSR count). The molecule has 16 heavy (non-hydrogen) atoms. The number of Topliss-reactive ketones (excluding diaryl/α,β-unsaturated/α-hetero) is 1. The second kappa shape index (κ2) is 3.29. The van der Waals surface area contributed by atoms with E-state index in [-0.39, 0.29) is 11.7 Å². The normalized spacial score (nSPS) is 35.6. The van der Waals surface area contributed by atoms with Gasteiger partial charge in [-0.1, -0.05) is 42.5 Å². The lowest BCUT2D eigenvalue weighted by Gasteiger charge is -2.28. The SMILES string of the molecule is O=C(c1ccccc1)C1(O)CC2C=CC1C2. The zero-order valence-electron chi connectivity index (χ0n) is 8.97. The molecule has 0 aromatic heterocycles. The molecule has 2 bridgehead atoms. The second-order valence-corrected chi connectivity index (χ2v) is 4.81. The van der Waals surface area contributed by atoms with E-state index in [1.807, 2.05) is 24.3 Å². The number of carbonyl (C=O) groups is 1. The molecule has 2 nitrogen and oxygen atoms in total. The van der Waals surface area contributed by atoms with Crippen molar-refractivity contribution in [2.75, 3.05) is 0 Å². The molecule has 0 heterocycles. The Kier molecular flexibility index (Phi) is 2.01. The summed E-state index contributed by atoms with van der Waals surface area (Å²) < 4.78 is 0. The molecular formula is C14H14O2. The summed E-state index contributed by atoms with van der Waals surface area (Å²) >= 11 is 0. The average molecular weight is 214 g/mol. The van der Waals surface area contributed by atoms with Crippen molar-refractivity contribution in [1.82, 2.24) is 0 Å². The van der Waals surface area contributed by atoms with E-state index in [4.69, 9.17) is 0 Å². The van der Waals surface area contributed by atoms with Crippen LogP contribution in [0.3, 0.4) is 0 Å². The summed E-state index contributed by atoms with van der Waals surface area (Å²) in [6.07, 6.45) is 5.63. The molecule has 3 atom stereocenters. The van der Waals surface area contributed by atoms with Gasteiger partial charge in [0.05, 0.1) is 0 Å². The van der Waals surface area contributed by atoms with Gasteiger partial charge in [0.1, 0.15) is 5.60 Å². The van der Waals surface area contributed by atoms with Crippen LogP contribution >= 0.6 is 0 Å². The van der Waals surface area contributed by atoms with Crippen LogP contribution in [0.4, 0.5) is 0 Å². The third kappa shape index (κ3) is 1.26. The van der Waals surface area contributed by atoms with E-state index in [0.29, 0.717) is 17.9 Å². The van der Waals surface area contributed by atoms with E-state index < -0.39 is 5.60 Å². The highest BCUT2D eigenvalue weighted by atomic mass is 16.3. The third-order valence-corrected chi connectivity index (χ3v) is 3.79. The van der Waals surface area contributed by atoms with E-state index in [9.17, 15) is 9.90 Å².